The highest BCUT2D eigenvalue weighted by atomic mass is 16.7. The summed E-state index contributed by atoms with van der Waals surface area (Å²) in [5, 5.41) is 23.1. The third kappa shape index (κ3) is 5.36. The summed E-state index contributed by atoms with van der Waals surface area (Å²) in [6.45, 7) is 9.04. The monoisotopic (exact) mass is 452 g/mol. The van der Waals surface area contributed by atoms with Crippen molar-refractivity contribution in [2.75, 3.05) is 33.9 Å². The average Bonchev–Trinajstić information content (AvgIpc) is 2.73. The van der Waals surface area contributed by atoms with Gasteiger partial charge in [-0.05, 0) is 36.5 Å². The first-order valence-corrected chi connectivity index (χ1v) is 11.4. The van der Waals surface area contributed by atoms with Gasteiger partial charge in [-0.2, -0.15) is 0 Å². The molecule has 3 rings (SSSR count). The zero-order chi connectivity index (χ0) is 24.1. The number of esters is 1. The van der Waals surface area contributed by atoms with Gasteiger partial charge in [0.05, 0.1) is 27.2 Å². The van der Waals surface area contributed by atoms with Gasteiger partial charge < -0.3 is 30.2 Å². The molecule has 3 atom stereocenters. The fraction of sp³-hybridized carbons (Fsp3) is 0.708. The van der Waals surface area contributed by atoms with Gasteiger partial charge in [-0.25, -0.2) is 0 Å². The number of hydrogen-bond donors (Lipinski definition) is 3. The van der Waals surface area contributed by atoms with Gasteiger partial charge in [0.15, 0.2) is 17.2 Å². The molecule has 8 nitrogen and oxygen atoms in total. The Balaban J connectivity index is 0.00000114. The van der Waals surface area contributed by atoms with Crippen LogP contribution in [0.25, 0.3) is 0 Å². The Bertz CT molecular complexity index is 786. The number of nitrogens with zero attached hydrogens (tertiary/aromatic N) is 1. The molecule has 0 aliphatic carbocycles. The van der Waals surface area contributed by atoms with Gasteiger partial charge >= 0.3 is 5.97 Å². The molecule has 1 aromatic rings. The van der Waals surface area contributed by atoms with Crippen LogP contribution in [0.4, 0.5) is 0 Å². The number of carbonyl (C=O) groups is 1. The molecule has 0 saturated carbocycles. The van der Waals surface area contributed by atoms with E-state index >= 15 is 0 Å². The summed E-state index contributed by atoms with van der Waals surface area (Å²) in [7, 11) is 3.10. The average molecular weight is 453 g/mol. The van der Waals surface area contributed by atoms with E-state index < -0.39 is 17.5 Å². The molecule has 0 amide bonds. The van der Waals surface area contributed by atoms with Crippen LogP contribution in [-0.4, -0.2) is 60.7 Å². The zero-order valence-corrected chi connectivity index (χ0v) is 20.3. The largest absolute Gasteiger partial charge is 0.493 e. The summed E-state index contributed by atoms with van der Waals surface area (Å²) in [4.78, 5) is 13.9. The van der Waals surface area contributed by atoms with E-state index in [4.69, 9.17) is 19.9 Å². The van der Waals surface area contributed by atoms with Crippen LogP contribution in [-0.2, 0) is 21.7 Å². The third-order valence-electron chi connectivity index (χ3n) is 6.01. The number of hydrogen-bond acceptors (Lipinski definition) is 8. The normalized spacial score (nSPS) is 27.0. The Morgan fingerprint density at radius 3 is 2.34 bits per heavy atom. The van der Waals surface area contributed by atoms with Gasteiger partial charge in [0, 0.05) is 24.6 Å². The number of aliphatic hydroxyl groups is 2. The van der Waals surface area contributed by atoms with Crippen LogP contribution < -0.4 is 15.2 Å². The van der Waals surface area contributed by atoms with E-state index in [1.807, 2.05) is 11.0 Å². The smallest absolute Gasteiger partial charge is 0.322 e. The highest BCUT2D eigenvalue weighted by molar-refractivity contribution is 5.71. The van der Waals surface area contributed by atoms with Crippen LogP contribution in [0.1, 0.15) is 58.1 Å². The van der Waals surface area contributed by atoms with Crippen LogP contribution in [0.5, 0.6) is 11.5 Å². The van der Waals surface area contributed by atoms with Crippen LogP contribution >= 0.6 is 0 Å². The van der Waals surface area contributed by atoms with Crippen molar-refractivity contribution in [1.29, 1.82) is 0 Å². The van der Waals surface area contributed by atoms with Crippen molar-refractivity contribution in [2.24, 2.45) is 17.6 Å². The van der Waals surface area contributed by atoms with Gasteiger partial charge in [0.25, 0.3) is 0 Å². The molecule has 32 heavy (non-hydrogen) atoms. The van der Waals surface area contributed by atoms with Crippen molar-refractivity contribution >= 4 is 5.97 Å². The molecular weight excluding hydrogens is 412 g/mol. The fourth-order valence-electron chi connectivity index (χ4n) is 4.65. The lowest BCUT2D eigenvalue weighted by molar-refractivity contribution is -0.307. The fourth-order valence-corrected chi connectivity index (χ4v) is 4.65. The van der Waals surface area contributed by atoms with E-state index in [-0.39, 0.29) is 24.8 Å². The summed E-state index contributed by atoms with van der Waals surface area (Å²) >= 11 is 0. The summed E-state index contributed by atoms with van der Waals surface area (Å²) < 4.78 is 16.2. The molecule has 0 radical (unpaired) electrons. The molecule has 2 aliphatic rings. The first kappa shape index (κ1) is 26.4. The zero-order valence-electron chi connectivity index (χ0n) is 20.3. The van der Waals surface area contributed by atoms with Crippen molar-refractivity contribution in [1.82, 2.24) is 4.90 Å². The molecule has 0 spiro atoms. The molecule has 1 fully saturated rings. The predicted molar refractivity (Wildman–Crippen MR) is 122 cm³/mol. The molecule has 0 aromatic heterocycles. The Labute approximate surface area is 191 Å². The van der Waals surface area contributed by atoms with E-state index in [0.717, 1.165) is 12.0 Å². The molecule has 0 bridgehead atoms. The van der Waals surface area contributed by atoms with Gasteiger partial charge in [0.1, 0.15) is 0 Å². The van der Waals surface area contributed by atoms with Gasteiger partial charge in [0.2, 0.25) is 5.79 Å². The maximum Gasteiger partial charge on any atom is 0.322 e. The first-order valence-electron chi connectivity index (χ1n) is 11.4. The quantitative estimate of drug-likeness (QED) is 0.445. The summed E-state index contributed by atoms with van der Waals surface area (Å²) in [5.41, 5.74) is 5.47. The standard InChI is InChI=1S/C21H32N2O6.C3H8/c1-13(2)7-15-11-23-6-5-14-8-17(27-3)18(28-4)9-16(14)20(23,25)12-21(15,26)29-19(24)10-22;1-3-2/h8-9,13,15,25-26H,5-7,10-12,22H2,1-4H3;3H2,1-2H3. The van der Waals surface area contributed by atoms with Crippen molar-refractivity contribution in [3.8, 4) is 11.5 Å². The maximum atomic E-state index is 12.0. The molecule has 4 N–H and O–H groups in total. The van der Waals surface area contributed by atoms with Crippen molar-refractivity contribution in [3.05, 3.63) is 23.3 Å². The van der Waals surface area contributed by atoms with Gasteiger partial charge in [-0.15, -0.1) is 0 Å². The van der Waals surface area contributed by atoms with Gasteiger partial charge in [-0.3, -0.25) is 9.69 Å². The Kier molecular flexibility index (Phi) is 8.93. The molecular formula is C24H40N2O6. The van der Waals surface area contributed by atoms with E-state index in [1.54, 1.807) is 13.2 Å². The van der Waals surface area contributed by atoms with E-state index in [2.05, 4.69) is 27.7 Å². The molecule has 2 heterocycles. The molecule has 1 aromatic carbocycles. The Morgan fingerprint density at radius 2 is 1.81 bits per heavy atom. The van der Waals surface area contributed by atoms with Crippen LogP contribution in [0, 0.1) is 11.8 Å². The lowest BCUT2D eigenvalue weighted by Crippen LogP contribution is -2.65. The van der Waals surface area contributed by atoms with E-state index in [9.17, 15) is 15.0 Å². The highest BCUT2D eigenvalue weighted by Gasteiger charge is 2.57. The van der Waals surface area contributed by atoms with Crippen molar-refractivity contribution in [2.45, 2.75) is 64.9 Å². The molecule has 1 saturated heterocycles. The minimum atomic E-state index is -1.81. The molecule has 3 unspecified atom stereocenters. The minimum Gasteiger partial charge on any atom is -0.493 e. The number of fused-ring (bicyclic) bond motifs is 3. The van der Waals surface area contributed by atoms with Crippen LogP contribution in [0.15, 0.2) is 12.1 Å². The molecule has 2 aliphatic heterocycles. The van der Waals surface area contributed by atoms with Crippen molar-refractivity contribution < 1.29 is 29.2 Å². The number of carbonyl (C=O) groups excluding carboxylic acids is 1. The van der Waals surface area contributed by atoms with Crippen LogP contribution in [0.2, 0.25) is 0 Å². The number of methoxy groups -OCH3 is 2. The molecule has 8 heteroatoms. The number of rotatable bonds is 6. The Hall–Kier alpha value is -1.87. The number of nitrogens with two attached hydrogens (primary N) is 1. The van der Waals surface area contributed by atoms with Crippen LogP contribution in [0.3, 0.4) is 0 Å². The Morgan fingerprint density at radius 1 is 1.22 bits per heavy atom. The lowest BCUT2D eigenvalue weighted by atomic mass is 9.74. The number of benzene rings is 1. The predicted octanol–water partition coefficient (Wildman–Crippen LogP) is 2.38. The third-order valence-corrected chi connectivity index (χ3v) is 6.01. The lowest BCUT2D eigenvalue weighted by Gasteiger charge is -2.55. The second-order valence-electron chi connectivity index (χ2n) is 9.11. The molecule has 182 valence electrons. The minimum absolute atomic E-state index is 0.161. The number of ether oxygens (including phenoxy) is 3. The summed E-state index contributed by atoms with van der Waals surface area (Å²) in [6, 6.07) is 3.60. The SMILES string of the molecule is CCC.COc1cc2c(cc1OC)C1(O)CC(O)(OC(=O)CN)C(CC(C)C)CN1CC2. The number of piperidine rings is 1. The highest BCUT2D eigenvalue weighted by Crippen LogP contribution is 2.49. The summed E-state index contributed by atoms with van der Waals surface area (Å²) in [6.07, 6.45) is 2.47. The van der Waals surface area contributed by atoms with Gasteiger partial charge in [-0.1, -0.05) is 34.1 Å². The second-order valence-corrected chi connectivity index (χ2v) is 9.11. The second kappa shape index (κ2) is 10.8. The maximum absolute atomic E-state index is 12.0. The summed E-state index contributed by atoms with van der Waals surface area (Å²) in [5.74, 6) is -1.47. The van der Waals surface area contributed by atoms with E-state index in [0.29, 0.717) is 36.6 Å². The van der Waals surface area contributed by atoms with Crippen molar-refractivity contribution in [3.63, 3.8) is 0 Å². The van der Waals surface area contributed by atoms with E-state index in [1.165, 1.54) is 13.5 Å². The topological polar surface area (TPSA) is 114 Å². The first-order chi connectivity index (χ1) is 15.1.